The molecule has 0 saturated heterocycles. The maximum atomic E-state index is 12.4. The maximum Gasteiger partial charge on any atom is 0.243 e. The van der Waals surface area contributed by atoms with E-state index in [2.05, 4.69) is 5.32 Å². The van der Waals surface area contributed by atoms with Crippen molar-refractivity contribution in [2.45, 2.75) is 50.8 Å². The summed E-state index contributed by atoms with van der Waals surface area (Å²) in [6.07, 6.45) is 5.32. The van der Waals surface area contributed by atoms with Crippen LogP contribution in [0.25, 0.3) is 0 Å². The molecule has 0 aromatic heterocycles. The van der Waals surface area contributed by atoms with E-state index < -0.39 is 10.0 Å². The summed E-state index contributed by atoms with van der Waals surface area (Å²) in [5.74, 6) is 0.131. The van der Waals surface area contributed by atoms with E-state index >= 15 is 0 Å². The Balaban J connectivity index is 2.06. The molecule has 23 heavy (non-hydrogen) atoms. The molecule has 0 spiro atoms. The molecule has 0 radical (unpaired) electrons. The number of amides is 1. The zero-order valence-corrected chi connectivity index (χ0v) is 14.7. The average molecular weight is 338 g/mol. The molecular formula is C17H26N2O3S. The number of sulfonamides is 1. The number of benzene rings is 1. The van der Waals surface area contributed by atoms with Crippen molar-refractivity contribution in [1.82, 2.24) is 4.31 Å². The van der Waals surface area contributed by atoms with Gasteiger partial charge in [-0.1, -0.05) is 33.1 Å². The van der Waals surface area contributed by atoms with E-state index in [1.807, 2.05) is 13.8 Å². The minimum absolute atomic E-state index is 0.0454. The largest absolute Gasteiger partial charge is 0.326 e. The third kappa shape index (κ3) is 4.32. The van der Waals surface area contributed by atoms with Crippen LogP contribution in [0.3, 0.4) is 0 Å². The Morgan fingerprint density at radius 2 is 1.65 bits per heavy atom. The molecule has 1 aliphatic carbocycles. The number of anilines is 1. The van der Waals surface area contributed by atoms with Gasteiger partial charge in [0.15, 0.2) is 0 Å². The fourth-order valence-corrected chi connectivity index (χ4v) is 4.49. The summed E-state index contributed by atoms with van der Waals surface area (Å²) in [6, 6.07) is 6.45. The summed E-state index contributed by atoms with van der Waals surface area (Å²) < 4.78 is 26.2. The summed E-state index contributed by atoms with van der Waals surface area (Å²) in [4.78, 5) is 12.5. The monoisotopic (exact) mass is 338 g/mol. The van der Waals surface area contributed by atoms with Crippen molar-refractivity contribution in [3.63, 3.8) is 0 Å². The molecule has 0 bridgehead atoms. The molecule has 1 fully saturated rings. The smallest absolute Gasteiger partial charge is 0.243 e. The summed E-state index contributed by atoms with van der Waals surface area (Å²) in [7, 11) is -3.45. The van der Waals surface area contributed by atoms with Crippen LogP contribution in [0.2, 0.25) is 0 Å². The van der Waals surface area contributed by atoms with Gasteiger partial charge in [-0.15, -0.1) is 0 Å². The number of rotatable bonds is 6. The predicted molar refractivity (Wildman–Crippen MR) is 91.8 cm³/mol. The lowest BCUT2D eigenvalue weighted by Gasteiger charge is -2.21. The third-order valence-electron chi connectivity index (χ3n) is 4.44. The zero-order valence-electron chi connectivity index (χ0n) is 13.9. The fraction of sp³-hybridized carbons (Fsp3) is 0.588. The molecule has 128 valence electrons. The second kappa shape index (κ2) is 7.93. The summed E-state index contributed by atoms with van der Waals surface area (Å²) >= 11 is 0. The molecule has 1 saturated carbocycles. The van der Waals surface area contributed by atoms with Gasteiger partial charge in [0.05, 0.1) is 4.90 Å². The first-order chi connectivity index (χ1) is 11.0. The lowest BCUT2D eigenvalue weighted by Crippen LogP contribution is -2.30. The Kier molecular flexibility index (Phi) is 6.18. The topological polar surface area (TPSA) is 66.5 Å². The van der Waals surface area contributed by atoms with Crippen molar-refractivity contribution in [1.29, 1.82) is 0 Å². The first-order valence-corrected chi connectivity index (χ1v) is 9.84. The van der Waals surface area contributed by atoms with Gasteiger partial charge in [-0.05, 0) is 37.1 Å². The standard InChI is InChI=1S/C17H26N2O3S/c1-3-19(4-2)23(21,22)16-12-10-15(11-13-16)18-17(20)14-8-6-5-7-9-14/h10-14H,3-9H2,1-2H3,(H,18,20). The number of hydrogen-bond donors (Lipinski definition) is 1. The minimum atomic E-state index is -3.45. The predicted octanol–water partition coefficient (Wildman–Crippen LogP) is 3.24. The lowest BCUT2D eigenvalue weighted by molar-refractivity contribution is -0.120. The van der Waals surface area contributed by atoms with Crippen molar-refractivity contribution in [2.24, 2.45) is 5.92 Å². The van der Waals surface area contributed by atoms with Crippen LogP contribution in [0, 0.1) is 5.92 Å². The Morgan fingerprint density at radius 3 is 2.17 bits per heavy atom. The van der Waals surface area contributed by atoms with Gasteiger partial charge in [-0.2, -0.15) is 4.31 Å². The summed E-state index contributed by atoms with van der Waals surface area (Å²) in [6.45, 7) is 4.53. The maximum absolute atomic E-state index is 12.4. The number of carbonyl (C=O) groups is 1. The second-order valence-electron chi connectivity index (χ2n) is 5.94. The number of carbonyl (C=O) groups excluding carboxylic acids is 1. The Hall–Kier alpha value is -1.40. The SMILES string of the molecule is CCN(CC)S(=O)(=O)c1ccc(NC(=O)C2CCCCC2)cc1. The highest BCUT2D eigenvalue weighted by atomic mass is 32.2. The number of nitrogens with zero attached hydrogens (tertiary/aromatic N) is 1. The van der Waals surface area contributed by atoms with Crippen molar-refractivity contribution >= 4 is 21.6 Å². The van der Waals surface area contributed by atoms with E-state index in [1.165, 1.54) is 10.7 Å². The van der Waals surface area contributed by atoms with E-state index in [-0.39, 0.29) is 16.7 Å². The number of nitrogens with one attached hydrogen (secondary N) is 1. The van der Waals surface area contributed by atoms with Crippen LogP contribution < -0.4 is 5.32 Å². The van der Waals surface area contributed by atoms with Gasteiger partial charge in [0.2, 0.25) is 15.9 Å². The van der Waals surface area contributed by atoms with Crippen LogP contribution >= 0.6 is 0 Å². The van der Waals surface area contributed by atoms with Crippen molar-refractivity contribution < 1.29 is 13.2 Å². The highest BCUT2D eigenvalue weighted by molar-refractivity contribution is 7.89. The molecule has 0 unspecified atom stereocenters. The fourth-order valence-electron chi connectivity index (χ4n) is 3.03. The number of hydrogen-bond acceptors (Lipinski definition) is 3. The van der Waals surface area contributed by atoms with E-state index in [1.54, 1.807) is 24.3 Å². The Labute approximate surface area is 139 Å². The van der Waals surface area contributed by atoms with E-state index in [0.29, 0.717) is 18.8 Å². The third-order valence-corrected chi connectivity index (χ3v) is 6.51. The van der Waals surface area contributed by atoms with E-state index in [4.69, 9.17) is 0 Å². The highest BCUT2D eigenvalue weighted by Gasteiger charge is 2.23. The van der Waals surface area contributed by atoms with E-state index in [9.17, 15) is 13.2 Å². The van der Waals surface area contributed by atoms with Gasteiger partial charge in [0.25, 0.3) is 0 Å². The first-order valence-electron chi connectivity index (χ1n) is 8.40. The molecule has 1 aromatic carbocycles. The molecular weight excluding hydrogens is 312 g/mol. The molecule has 0 aliphatic heterocycles. The highest BCUT2D eigenvalue weighted by Crippen LogP contribution is 2.25. The van der Waals surface area contributed by atoms with Gasteiger partial charge < -0.3 is 5.32 Å². The van der Waals surface area contributed by atoms with Gasteiger partial charge in [0.1, 0.15) is 0 Å². The molecule has 5 nitrogen and oxygen atoms in total. The molecule has 2 rings (SSSR count). The van der Waals surface area contributed by atoms with Crippen molar-refractivity contribution in [3.8, 4) is 0 Å². The first kappa shape index (κ1) is 17.9. The zero-order chi connectivity index (χ0) is 16.9. The van der Waals surface area contributed by atoms with Crippen molar-refractivity contribution in [2.75, 3.05) is 18.4 Å². The lowest BCUT2D eigenvalue weighted by atomic mass is 9.88. The van der Waals surface area contributed by atoms with Crippen LogP contribution in [0.4, 0.5) is 5.69 Å². The molecule has 1 aromatic rings. The average Bonchev–Trinajstić information content (AvgIpc) is 2.57. The van der Waals surface area contributed by atoms with Crippen molar-refractivity contribution in [3.05, 3.63) is 24.3 Å². The Bertz CT molecular complexity index is 616. The molecule has 1 amide bonds. The molecule has 1 aliphatic rings. The normalized spacial score (nSPS) is 16.5. The molecule has 0 atom stereocenters. The molecule has 6 heteroatoms. The second-order valence-corrected chi connectivity index (χ2v) is 7.88. The van der Waals surface area contributed by atoms with Crippen LogP contribution in [0.1, 0.15) is 46.0 Å². The van der Waals surface area contributed by atoms with Crippen LogP contribution in [-0.4, -0.2) is 31.7 Å². The van der Waals surface area contributed by atoms with Gasteiger partial charge >= 0.3 is 0 Å². The van der Waals surface area contributed by atoms with Crippen LogP contribution in [-0.2, 0) is 14.8 Å². The van der Waals surface area contributed by atoms with Crippen LogP contribution in [0.15, 0.2) is 29.2 Å². The van der Waals surface area contributed by atoms with Crippen LogP contribution in [0.5, 0.6) is 0 Å². The minimum Gasteiger partial charge on any atom is -0.326 e. The van der Waals surface area contributed by atoms with Gasteiger partial charge in [0, 0.05) is 24.7 Å². The Morgan fingerprint density at radius 1 is 1.09 bits per heavy atom. The summed E-state index contributed by atoms with van der Waals surface area (Å²) in [5.41, 5.74) is 0.652. The van der Waals surface area contributed by atoms with Gasteiger partial charge in [-0.25, -0.2) is 8.42 Å². The quantitative estimate of drug-likeness (QED) is 0.866. The van der Waals surface area contributed by atoms with E-state index in [0.717, 1.165) is 25.7 Å². The molecule has 1 N–H and O–H groups in total. The van der Waals surface area contributed by atoms with Gasteiger partial charge in [-0.3, -0.25) is 4.79 Å². The molecule has 0 heterocycles. The summed E-state index contributed by atoms with van der Waals surface area (Å²) in [5, 5.41) is 2.90.